The van der Waals surface area contributed by atoms with Gasteiger partial charge in [-0.25, -0.2) is 0 Å². The van der Waals surface area contributed by atoms with Gasteiger partial charge in [0.1, 0.15) is 6.61 Å². The standard InChI is InChI=1S/C9H15NO/c1-5-6-8(2)7-11-9(3)10-4/h5-6H,1,7H2,2-4H3/b8-6+,10-9+. The second-order valence-corrected chi connectivity index (χ2v) is 2.28. The predicted octanol–water partition coefficient (Wildman–Crippen LogP) is 2.18. The molecule has 0 aromatic carbocycles. The average molecular weight is 153 g/mol. The van der Waals surface area contributed by atoms with Crippen LogP contribution < -0.4 is 0 Å². The van der Waals surface area contributed by atoms with Crippen molar-refractivity contribution in [2.75, 3.05) is 13.7 Å². The molecule has 0 saturated heterocycles. The zero-order valence-electron chi connectivity index (χ0n) is 7.42. The van der Waals surface area contributed by atoms with Crippen molar-refractivity contribution in [1.29, 1.82) is 0 Å². The Morgan fingerprint density at radius 2 is 2.18 bits per heavy atom. The molecule has 2 nitrogen and oxygen atoms in total. The van der Waals surface area contributed by atoms with Gasteiger partial charge >= 0.3 is 0 Å². The summed E-state index contributed by atoms with van der Waals surface area (Å²) in [5.41, 5.74) is 1.14. The topological polar surface area (TPSA) is 21.6 Å². The third kappa shape index (κ3) is 5.40. The maximum Gasteiger partial charge on any atom is 0.180 e. The van der Waals surface area contributed by atoms with Crippen molar-refractivity contribution in [1.82, 2.24) is 0 Å². The highest BCUT2D eigenvalue weighted by Crippen LogP contribution is 1.94. The molecular weight excluding hydrogens is 138 g/mol. The number of nitrogens with zero attached hydrogens (tertiary/aromatic N) is 1. The van der Waals surface area contributed by atoms with Gasteiger partial charge in [-0.2, -0.15) is 0 Å². The van der Waals surface area contributed by atoms with Gasteiger partial charge in [-0.05, 0) is 12.5 Å². The molecule has 0 amide bonds. The maximum absolute atomic E-state index is 5.24. The Labute approximate surface area is 68.3 Å². The lowest BCUT2D eigenvalue weighted by Gasteiger charge is -2.03. The van der Waals surface area contributed by atoms with Crippen molar-refractivity contribution in [2.45, 2.75) is 13.8 Å². The van der Waals surface area contributed by atoms with Crippen LogP contribution in [-0.4, -0.2) is 19.6 Å². The normalized spacial score (nSPS) is 13.0. The molecule has 0 unspecified atom stereocenters. The van der Waals surface area contributed by atoms with Crippen LogP contribution in [0.4, 0.5) is 0 Å². The van der Waals surface area contributed by atoms with Crippen LogP contribution in [0.25, 0.3) is 0 Å². The van der Waals surface area contributed by atoms with Crippen LogP contribution in [0.3, 0.4) is 0 Å². The van der Waals surface area contributed by atoms with Crippen molar-refractivity contribution in [3.8, 4) is 0 Å². The Bertz CT molecular complexity index is 180. The fourth-order valence-corrected chi connectivity index (χ4v) is 0.532. The minimum Gasteiger partial charge on any atom is -0.477 e. The smallest absolute Gasteiger partial charge is 0.180 e. The molecule has 0 atom stereocenters. The van der Waals surface area contributed by atoms with E-state index in [0.717, 1.165) is 5.57 Å². The fourth-order valence-electron chi connectivity index (χ4n) is 0.532. The van der Waals surface area contributed by atoms with E-state index in [-0.39, 0.29) is 0 Å². The number of aliphatic imine (C=N–C) groups is 1. The zero-order chi connectivity index (χ0) is 8.69. The molecule has 0 aliphatic rings. The number of rotatable bonds is 3. The van der Waals surface area contributed by atoms with E-state index in [0.29, 0.717) is 12.5 Å². The van der Waals surface area contributed by atoms with Gasteiger partial charge in [0.25, 0.3) is 0 Å². The molecule has 0 heterocycles. The first-order valence-electron chi connectivity index (χ1n) is 3.55. The van der Waals surface area contributed by atoms with Crippen LogP contribution >= 0.6 is 0 Å². The molecule has 0 aromatic rings. The first-order valence-corrected chi connectivity index (χ1v) is 3.55. The highest BCUT2D eigenvalue weighted by Gasteiger charge is 1.90. The Balaban J connectivity index is 3.70. The van der Waals surface area contributed by atoms with Crippen molar-refractivity contribution in [3.05, 3.63) is 24.3 Å². The quantitative estimate of drug-likeness (QED) is 0.346. The molecule has 62 valence electrons. The maximum atomic E-state index is 5.24. The van der Waals surface area contributed by atoms with Crippen LogP contribution in [0, 0.1) is 0 Å². The van der Waals surface area contributed by atoms with Gasteiger partial charge < -0.3 is 4.74 Å². The summed E-state index contributed by atoms with van der Waals surface area (Å²) >= 11 is 0. The summed E-state index contributed by atoms with van der Waals surface area (Å²) in [6.07, 6.45) is 3.67. The Hall–Kier alpha value is -1.05. The molecule has 0 saturated carbocycles. The Kier molecular flexibility index (Phi) is 5.17. The average Bonchev–Trinajstić information content (AvgIpc) is 2.01. The fraction of sp³-hybridized carbons (Fsp3) is 0.444. The summed E-state index contributed by atoms with van der Waals surface area (Å²) in [7, 11) is 1.71. The lowest BCUT2D eigenvalue weighted by atomic mass is 10.3. The van der Waals surface area contributed by atoms with E-state index in [1.807, 2.05) is 19.9 Å². The van der Waals surface area contributed by atoms with Crippen LogP contribution in [0.2, 0.25) is 0 Å². The van der Waals surface area contributed by atoms with Crippen molar-refractivity contribution >= 4 is 5.90 Å². The first kappa shape index (κ1) is 9.95. The van der Waals surface area contributed by atoms with E-state index in [1.165, 1.54) is 0 Å². The molecule has 0 N–H and O–H groups in total. The lowest BCUT2D eigenvalue weighted by molar-refractivity contribution is 0.336. The molecule has 0 bridgehead atoms. The van der Waals surface area contributed by atoms with Crippen molar-refractivity contribution in [2.24, 2.45) is 4.99 Å². The lowest BCUT2D eigenvalue weighted by Crippen LogP contribution is -2.01. The third-order valence-electron chi connectivity index (χ3n) is 1.23. The summed E-state index contributed by atoms with van der Waals surface area (Å²) in [5, 5.41) is 0. The van der Waals surface area contributed by atoms with Crippen molar-refractivity contribution in [3.63, 3.8) is 0 Å². The van der Waals surface area contributed by atoms with E-state index in [4.69, 9.17) is 4.74 Å². The van der Waals surface area contributed by atoms with Crippen LogP contribution in [0.1, 0.15) is 13.8 Å². The minimum atomic E-state index is 0.592. The molecular formula is C9H15NO. The van der Waals surface area contributed by atoms with E-state index in [1.54, 1.807) is 13.1 Å². The highest BCUT2D eigenvalue weighted by atomic mass is 16.5. The minimum absolute atomic E-state index is 0.592. The predicted molar refractivity (Wildman–Crippen MR) is 48.9 cm³/mol. The van der Waals surface area contributed by atoms with Crippen LogP contribution in [-0.2, 0) is 4.74 Å². The Morgan fingerprint density at radius 3 is 2.64 bits per heavy atom. The molecule has 0 rings (SSSR count). The molecule has 0 aliphatic carbocycles. The summed E-state index contributed by atoms with van der Waals surface area (Å²) < 4.78 is 5.24. The van der Waals surface area contributed by atoms with Crippen LogP contribution in [0.5, 0.6) is 0 Å². The summed E-state index contributed by atoms with van der Waals surface area (Å²) in [6.45, 7) is 8.00. The molecule has 0 radical (unpaired) electrons. The van der Waals surface area contributed by atoms with Gasteiger partial charge in [0.2, 0.25) is 0 Å². The van der Waals surface area contributed by atoms with Gasteiger partial charge in [-0.15, -0.1) is 0 Å². The van der Waals surface area contributed by atoms with E-state index in [2.05, 4.69) is 11.6 Å². The second kappa shape index (κ2) is 5.71. The highest BCUT2D eigenvalue weighted by molar-refractivity contribution is 5.73. The summed E-state index contributed by atoms with van der Waals surface area (Å²) in [4.78, 5) is 3.86. The van der Waals surface area contributed by atoms with Crippen LogP contribution in [0.15, 0.2) is 29.3 Å². The molecule has 11 heavy (non-hydrogen) atoms. The number of hydrogen-bond acceptors (Lipinski definition) is 2. The van der Waals surface area contributed by atoms with E-state index >= 15 is 0 Å². The number of ether oxygens (including phenoxy) is 1. The summed E-state index contributed by atoms with van der Waals surface area (Å²) in [6, 6.07) is 0. The largest absolute Gasteiger partial charge is 0.477 e. The first-order chi connectivity index (χ1) is 5.20. The molecule has 0 aliphatic heterocycles. The number of allylic oxidation sites excluding steroid dienone is 2. The van der Waals surface area contributed by atoms with E-state index < -0.39 is 0 Å². The molecule has 0 spiro atoms. The molecule has 0 fully saturated rings. The SMILES string of the molecule is C=C/C=C(\C)CO/C(C)=N/C. The zero-order valence-corrected chi connectivity index (χ0v) is 7.42. The monoisotopic (exact) mass is 153 g/mol. The molecule has 0 aromatic heterocycles. The molecule has 2 heteroatoms. The van der Waals surface area contributed by atoms with Gasteiger partial charge in [0.05, 0.1) is 0 Å². The van der Waals surface area contributed by atoms with Gasteiger partial charge in [0.15, 0.2) is 5.90 Å². The second-order valence-electron chi connectivity index (χ2n) is 2.28. The third-order valence-corrected chi connectivity index (χ3v) is 1.23. The van der Waals surface area contributed by atoms with Gasteiger partial charge in [0, 0.05) is 14.0 Å². The van der Waals surface area contributed by atoms with Crippen molar-refractivity contribution < 1.29 is 4.74 Å². The summed E-state index contributed by atoms with van der Waals surface area (Å²) in [5.74, 6) is 0.710. The Morgan fingerprint density at radius 1 is 1.55 bits per heavy atom. The van der Waals surface area contributed by atoms with Gasteiger partial charge in [-0.3, -0.25) is 4.99 Å². The van der Waals surface area contributed by atoms with Gasteiger partial charge in [-0.1, -0.05) is 18.7 Å². The number of hydrogen-bond donors (Lipinski definition) is 0. The van der Waals surface area contributed by atoms with E-state index in [9.17, 15) is 0 Å².